The van der Waals surface area contributed by atoms with Gasteiger partial charge in [0.15, 0.2) is 0 Å². The number of benzene rings is 1. The van der Waals surface area contributed by atoms with Gasteiger partial charge < -0.3 is 15.1 Å². The number of piperazine rings is 1. The Morgan fingerprint density at radius 2 is 1.76 bits per heavy atom. The summed E-state index contributed by atoms with van der Waals surface area (Å²) in [7, 11) is 0. The van der Waals surface area contributed by atoms with E-state index in [2.05, 4.69) is 24.1 Å². The van der Waals surface area contributed by atoms with Crippen LogP contribution >= 0.6 is 0 Å². The molecule has 1 unspecified atom stereocenters. The van der Waals surface area contributed by atoms with Crippen molar-refractivity contribution in [2.24, 2.45) is 11.8 Å². The third kappa shape index (κ3) is 4.74. The highest BCUT2D eigenvalue weighted by molar-refractivity contribution is 5.94. The van der Waals surface area contributed by atoms with Gasteiger partial charge >= 0.3 is 6.18 Å². The van der Waals surface area contributed by atoms with Gasteiger partial charge in [0, 0.05) is 44.5 Å². The van der Waals surface area contributed by atoms with E-state index in [1.165, 1.54) is 0 Å². The van der Waals surface area contributed by atoms with Crippen molar-refractivity contribution in [2.75, 3.05) is 37.6 Å². The molecule has 0 spiro atoms. The van der Waals surface area contributed by atoms with E-state index in [4.69, 9.17) is 0 Å². The molecule has 2 amide bonds. The van der Waals surface area contributed by atoms with Crippen LogP contribution < -0.4 is 10.2 Å². The van der Waals surface area contributed by atoms with Crippen LogP contribution in [0.5, 0.6) is 0 Å². The van der Waals surface area contributed by atoms with E-state index >= 15 is 0 Å². The molecular formula is C25H29F3N4O2. The number of halogens is 3. The van der Waals surface area contributed by atoms with Crippen molar-refractivity contribution in [3.8, 4) is 0 Å². The fourth-order valence-corrected chi connectivity index (χ4v) is 4.85. The molecular weight excluding hydrogens is 445 g/mol. The lowest BCUT2D eigenvalue weighted by molar-refractivity contribution is -0.137. The number of nitrogens with one attached hydrogen (secondary N) is 1. The summed E-state index contributed by atoms with van der Waals surface area (Å²) in [6.07, 6.45) is -3.57. The standard InChI is InChI=1S/C25H29F3N4O2/c1-15(2)20-14-30-23(33)21(20)17-4-6-18(7-5-17)24(34)32-10-8-31(9-11-32)22-16(3)12-19(13-29-22)25(26,27)28/h4-7,12-13,15,20-21H,8-11,14H2,1-3H3,(H,30,33)/t20?,21-/m0/s1. The molecule has 9 heteroatoms. The zero-order valence-corrected chi connectivity index (χ0v) is 19.5. The average molecular weight is 475 g/mol. The maximum absolute atomic E-state index is 13.0. The summed E-state index contributed by atoms with van der Waals surface area (Å²) >= 11 is 0. The second kappa shape index (κ2) is 9.27. The zero-order chi connectivity index (χ0) is 24.6. The van der Waals surface area contributed by atoms with Crippen molar-refractivity contribution in [3.63, 3.8) is 0 Å². The second-order valence-corrected chi connectivity index (χ2v) is 9.39. The van der Waals surface area contributed by atoms with Crippen LogP contribution in [0.15, 0.2) is 36.5 Å². The molecule has 2 atom stereocenters. The second-order valence-electron chi connectivity index (χ2n) is 9.39. The molecule has 1 aromatic carbocycles. The lowest BCUT2D eigenvalue weighted by atomic mass is 9.81. The number of carbonyl (C=O) groups is 2. The number of pyridine rings is 1. The first kappa shape index (κ1) is 24.0. The minimum atomic E-state index is -4.42. The topological polar surface area (TPSA) is 65.5 Å². The summed E-state index contributed by atoms with van der Waals surface area (Å²) in [5.74, 6) is 0.834. The van der Waals surface area contributed by atoms with Gasteiger partial charge in [0.25, 0.3) is 5.91 Å². The van der Waals surface area contributed by atoms with Crippen LogP contribution in [-0.4, -0.2) is 54.4 Å². The molecule has 0 aliphatic carbocycles. The quantitative estimate of drug-likeness (QED) is 0.731. The Bertz CT molecular complexity index is 1060. The number of rotatable bonds is 4. The van der Waals surface area contributed by atoms with Gasteiger partial charge in [0.1, 0.15) is 5.82 Å². The van der Waals surface area contributed by atoms with Crippen LogP contribution in [0.4, 0.5) is 19.0 Å². The van der Waals surface area contributed by atoms with E-state index in [9.17, 15) is 22.8 Å². The summed E-state index contributed by atoms with van der Waals surface area (Å²) in [6, 6.07) is 8.38. The summed E-state index contributed by atoms with van der Waals surface area (Å²) in [5, 5.41) is 2.94. The van der Waals surface area contributed by atoms with Crippen LogP contribution in [-0.2, 0) is 11.0 Å². The first-order chi connectivity index (χ1) is 16.1. The largest absolute Gasteiger partial charge is 0.417 e. The number of amides is 2. The Balaban J connectivity index is 1.40. The van der Waals surface area contributed by atoms with Crippen molar-refractivity contribution in [1.29, 1.82) is 0 Å². The van der Waals surface area contributed by atoms with Gasteiger partial charge in [-0.05, 0) is 48.1 Å². The molecule has 1 aromatic heterocycles. The number of nitrogens with zero attached hydrogens (tertiary/aromatic N) is 3. The Morgan fingerprint density at radius 3 is 2.32 bits per heavy atom. The maximum Gasteiger partial charge on any atom is 0.417 e. The number of anilines is 1. The molecule has 2 aliphatic heterocycles. The molecule has 3 heterocycles. The van der Waals surface area contributed by atoms with E-state index < -0.39 is 11.7 Å². The third-order valence-electron chi connectivity index (χ3n) is 6.84. The summed E-state index contributed by atoms with van der Waals surface area (Å²) in [4.78, 5) is 33.1. The van der Waals surface area contributed by atoms with Gasteiger partial charge in [0.05, 0.1) is 11.5 Å². The van der Waals surface area contributed by atoms with E-state index in [1.807, 2.05) is 17.0 Å². The minimum Gasteiger partial charge on any atom is -0.355 e. The molecule has 2 fully saturated rings. The number of carbonyl (C=O) groups excluding carboxylic acids is 2. The van der Waals surface area contributed by atoms with Crippen LogP contribution in [0.2, 0.25) is 0 Å². The first-order valence-corrected chi connectivity index (χ1v) is 11.5. The average Bonchev–Trinajstić information content (AvgIpc) is 3.20. The fraction of sp³-hybridized carbons (Fsp3) is 0.480. The van der Waals surface area contributed by atoms with Crippen LogP contribution in [0, 0.1) is 18.8 Å². The first-order valence-electron chi connectivity index (χ1n) is 11.5. The number of hydrogen-bond donors (Lipinski definition) is 1. The molecule has 34 heavy (non-hydrogen) atoms. The van der Waals surface area contributed by atoms with E-state index in [0.717, 1.165) is 17.8 Å². The molecule has 0 radical (unpaired) electrons. The van der Waals surface area contributed by atoms with Gasteiger partial charge in [-0.25, -0.2) is 4.98 Å². The molecule has 2 aromatic rings. The summed E-state index contributed by atoms with van der Waals surface area (Å²) in [6.45, 7) is 8.37. The highest BCUT2D eigenvalue weighted by atomic mass is 19.4. The van der Waals surface area contributed by atoms with E-state index in [1.54, 1.807) is 24.0 Å². The van der Waals surface area contributed by atoms with E-state index in [0.29, 0.717) is 55.6 Å². The molecule has 2 saturated heterocycles. The summed E-state index contributed by atoms with van der Waals surface area (Å²) < 4.78 is 38.7. The lowest BCUT2D eigenvalue weighted by Gasteiger charge is -2.36. The van der Waals surface area contributed by atoms with Crippen LogP contribution in [0.3, 0.4) is 0 Å². The minimum absolute atomic E-state index is 0.0288. The van der Waals surface area contributed by atoms with Gasteiger partial charge in [-0.1, -0.05) is 26.0 Å². The Labute approximate surface area is 197 Å². The van der Waals surface area contributed by atoms with Crippen molar-refractivity contribution in [1.82, 2.24) is 15.2 Å². The number of alkyl halides is 3. The molecule has 0 saturated carbocycles. The monoisotopic (exact) mass is 474 g/mol. The molecule has 2 aliphatic rings. The molecule has 182 valence electrons. The number of aryl methyl sites for hydroxylation is 1. The zero-order valence-electron chi connectivity index (χ0n) is 19.5. The van der Waals surface area contributed by atoms with Crippen molar-refractivity contribution < 1.29 is 22.8 Å². The van der Waals surface area contributed by atoms with Crippen LogP contribution in [0.25, 0.3) is 0 Å². The van der Waals surface area contributed by atoms with Gasteiger partial charge in [0.2, 0.25) is 5.91 Å². The van der Waals surface area contributed by atoms with Gasteiger partial charge in [-0.2, -0.15) is 13.2 Å². The predicted molar refractivity (Wildman–Crippen MR) is 123 cm³/mol. The van der Waals surface area contributed by atoms with Crippen molar-refractivity contribution >= 4 is 17.6 Å². The normalized spacial score (nSPS) is 21.2. The molecule has 1 N–H and O–H groups in total. The van der Waals surface area contributed by atoms with Crippen molar-refractivity contribution in [3.05, 3.63) is 58.8 Å². The SMILES string of the molecule is Cc1cc(C(F)(F)F)cnc1N1CCN(C(=O)c2ccc([C@@H]3C(=O)NCC3C(C)C)cc2)CC1. The highest BCUT2D eigenvalue weighted by Crippen LogP contribution is 2.34. The lowest BCUT2D eigenvalue weighted by Crippen LogP contribution is -2.49. The molecule has 4 rings (SSSR count). The Kier molecular flexibility index (Phi) is 6.55. The maximum atomic E-state index is 13.0. The Hall–Kier alpha value is -3.10. The fourth-order valence-electron chi connectivity index (χ4n) is 4.85. The van der Waals surface area contributed by atoms with E-state index in [-0.39, 0.29) is 23.7 Å². The number of hydrogen-bond acceptors (Lipinski definition) is 4. The van der Waals surface area contributed by atoms with Crippen molar-refractivity contribution in [2.45, 2.75) is 32.9 Å². The predicted octanol–water partition coefficient (Wildman–Crippen LogP) is 3.86. The van der Waals surface area contributed by atoms with Crippen LogP contribution in [0.1, 0.15) is 46.8 Å². The highest BCUT2D eigenvalue weighted by Gasteiger charge is 2.37. The van der Waals surface area contributed by atoms with Gasteiger partial charge in [-0.3, -0.25) is 9.59 Å². The molecule has 0 bridgehead atoms. The van der Waals surface area contributed by atoms with Gasteiger partial charge in [-0.15, -0.1) is 0 Å². The molecule has 6 nitrogen and oxygen atoms in total. The smallest absolute Gasteiger partial charge is 0.355 e. The number of aromatic nitrogens is 1. The Morgan fingerprint density at radius 1 is 1.12 bits per heavy atom. The summed E-state index contributed by atoms with van der Waals surface area (Å²) in [5.41, 5.74) is 1.17. The third-order valence-corrected chi connectivity index (χ3v) is 6.84.